The largest absolute Gasteiger partial charge is 0.484 e. The summed E-state index contributed by atoms with van der Waals surface area (Å²) in [5.41, 5.74) is 2.42. The van der Waals surface area contributed by atoms with Gasteiger partial charge in [-0.15, -0.1) is 0 Å². The van der Waals surface area contributed by atoms with E-state index in [-0.39, 0.29) is 12.5 Å². The number of aromatic nitrogens is 2. The maximum Gasteiger partial charge on any atom is 0.262 e. The van der Waals surface area contributed by atoms with E-state index in [9.17, 15) is 9.18 Å². The van der Waals surface area contributed by atoms with E-state index < -0.39 is 5.82 Å². The van der Waals surface area contributed by atoms with Crippen molar-refractivity contribution in [2.75, 3.05) is 11.9 Å². The summed E-state index contributed by atoms with van der Waals surface area (Å²) >= 11 is 0. The van der Waals surface area contributed by atoms with Crippen molar-refractivity contribution in [2.45, 2.75) is 0 Å². The minimum atomic E-state index is -0.404. The second-order valence-corrected chi connectivity index (χ2v) is 4.85. The molecule has 112 valence electrons. The topological polar surface area (TPSA) is 56.2 Å². The SMILES string of the molecule is Cn1cnc2cc(NC(=O)COc3cccc(F)c3)ccc21. The molecule has 0 saturated carbocycles. The maximum absolute atomic E-state index is 13.0. The van der Waals surface area contributed by atoms with E-state index in [1.807, 2.05) is 17.7 Å². The molecule has 3 aromatic rings. The highest BCUT2D eigenvalue weighted by molar-refractivity contribution is 5.94. The molecule has 0 aliphatic rings. The van der Waals surface area contributed by atoms with Gasteiger partial charge in [-0.25, -0.2) is 9.37 Å². The standard InChI is InChI=1S/C16H14FN3O2/c1-20-10-18-14-8-12(5-6-15(14)20)19-16(21)9-22-13-4-2-3-11(17)7-13/h2-8,10H,9H2,1H3,(H,19,21). The number of hydrogen-bond acceptors (Lipinski definition) is 3. The predicted octanol–water partition coefficient (Wildman–Crippen LogP) is 2.73. The van der Waals surface area contributed by atoms with Crippen LogP contribution in [0.2, 0.25) is 0 Å². The summed E-state index contributed by atoms with van der Waals surface area (Å²) in [7, 11) is 1.90. The summed E-state index contributed by atoms with van der Waals surface area (Å²) in [5.74, 6) is -0.409. The van der Waals surface area contributed by atoms with Gasteiger partial charge in [0.15, 0.2) is 6.61 Å². The number of fused-ring (bicyclic) bond motifs is 1. The summed E-state index contributed by atoms with van der Waals surface area (Å²) in [4.78, 5) is 16.1. The molecule has 6 heteroatoms. The van der Waals surface area contributed by atoms with Crippen LogP contribution in [0.5, 0.6) is 5.75 Å². The number of imidazole rings is 1. The molecule has 1 N–H and O–H groups in total. The molecule has 0 atom stereocenters. The molecule has 0 saturated heterocycles. The molecule has 3 rings (SSSR count). The Morgan fingerprint density at radius 1 is 1.32 bits per heavy atom. The summed E-state index contributed by atoms with van der Waals surface area (Å²) in [6.45, 7) is -0.191. The Labute approximate surface area is 126 Å². The lowest BCUT2D eigenvalue weighted by atomic mass is 10.2. The van der Waals surface area contributed by atoms with Crippen molar-refractivity contribution in [2.24, 2.45) is 7.05 Å². The van der Waals surface area contributed by atoms with Crippen molar-refractivity contribution < 1.29 is 13.9 Å². The minimum absolute atomic E-state index is 0.191. The van der Waals surface area contributed by atoms with Crippen molar-refractivity contribution in [3.05, 3.63) is 54.6 Å². The van der Waals surface area contributed by atoms with E-state index in [0.29, 0.717) is 11.4 Å². The van der Waals surface area contributed by atoms with Crippen LogP contribution in [-0.2, 0) is 11.8 Å². The van der Waals surface area contributed by atoms with Crippen molar-refractivity contribution in [3.8, 4) is 5.75 Å². The zero-order chi connectivity index (χ0) is 15.5. The Morgan fingerprint density at radius 3 is 3.00 bits per heavy atom. The number of benzene rings is 2. The number of halogens is 1. The Kier molecular flexibility index (Phi) is 3.74. The molecular formula is C16H14FN3O2. The monoisotopic (exact) mass is 299 g/mol. The highest BCUT2D eigenvalue weighted by Crippen LogP contribution is 2.17. The van der Waals surface area contributed by atoms with Crippen LogP contribution in [0.25, 0.3) is 11.0 Å². The van der Waals surface area contributed by atoms with Gasteiger partial charge in [-0.2, -0.15) is 0 Å². The molecule has 5 nitrogen and oxygen atoms in total. The number of carbonyl (C=O) groups is 1. The number of ether oxygens (including phenoxy) is 1. The van der Waals surface area contributed by atoms with Gasteiger partial charge in [-0.05, 0) is 30.3 Å². The van der Waals surface area contributed by atoms with E-state index in [1.54, 1.807) is 24.5 Å². The summed E-state index contributed by atoms with van der Waals surface area (Å²) < 4.78 is 20.1. The number of rotatable bonds is 4. The Morgan fingerprint density at radius 2 is 2.18 bits per heavy atom. The second kappa shape index (κ2) is 5.85. The van der Waals surface area contributed by atoms with Gasteiger partial charge in [0, 0.05) is 18.8 Å². The first kappa shape index (κ1) is 14.1. The zero-order valence-electron chi connectivity index (χ0n) is 11.9. The third kappa shape index (κ3) is 3.06. The fourth-order valence-corrected chi connectivity index (χ4v) is 2.12. The van der Waals surface area contributed by atoms with Crippen molar-refractivity contribution >= 4 is 22.6 Å². The predicted molar refractivity (Wildman–Crippen MR) is 81.2 cm³/mol. The van der Waals surface area contributed by atoms with Crippen molar-refractivity contribution in [1.29, 1.82) is 0 Å². The number of hydrogen-bond donors (Lipinski definition) is 1. The van der Waals surface area contributed by atoms with Crippen LogP contribution >= 0.6 is 0 Å². The normalized spacial score (nSPS) is 10.6. The summed E-state index contributed by atoms with van der Waals surface area (Å²) in [6.07, 6.45) is 1.71. The molecule has 0 aliphatic carbocycles. The lowest BCUT2D eigenvalue weighted by Crippen LogP contribution is -2.20. The van der Waals surface area contributed by atoms with E-state index in [1.165, 1.54) is 18.2 Å². The Bertz CT molecular complexity index is 829. The first-order chi connectivity index (χ1) is 10.6. The molecule has 0 spiro atoms. The van der Waals surface area contributed by atoms with Gasteiger partial charge in [0.05, 0.1) is 17.4 Å². The summed E-state index contributed by atoms with van der Waals surface area (Å²) in [6, 6.07) is 11.1. The third-order valence-corrected chi connectivity index (χ3v) is 3.18. The van der Waals surface area contributed by atoms with Crippen LogP contribution in [0.4, 0.5) is 10.1 Å². The molecule has 2 aromatic carbocycles. The smallest absolute Gasteiger partial charge is 0.262 e. The van der Waals surface area contributed by atoms with Gasteiger partial charge < -0.3 is 14.6 Å². The van der Waals surface area contributed by atoms with Crippen LogP contribution < -0.4 is 10.1 Å². The molecule has 0 radical (unpaired) electrons. The maximum atomic E-state index is 13.0. The first-order valence-electron chi connectivity index (χ1n) is 6.71. The molecule has 0 aliphatic heterocycles. The van der Waals surface area contributed by atoms with Gasteiger partial charge in [0.25, 0.3) is 5.91 Å². The Hall–Kier alpha value is -2.89. The summed E-state index contributed by atoms with van der Waals surface area (Å²) in [5, 5.41) is 2.72. The van der Waals surface area contributed by atoms with E-state index in [4.69, 9.17) is 4.74 Å². The van der Waals surface area contributed by atoms with Crippen LogP contribution in [-0.4, -0.2) is 22.1 Å². The van der Waals surface area contributed by atoms with E-state index in [2.05, 4.69) is 10.3 Å². The van der Waals surface area contributed by atoms with Crippen LogP contribution in [0.3, 0.4) is 0 Å². The zero-order valence-corrected chi connectivity index (χ0v) is 11.9. The van der Waals surface area contributed by atoms with Crippen LogP contribution in [0.1, 0.15) is 0 Å². The number of nitrogens with one attached hydrogen (secondary N) is 1. The molecule has 0 unspecified atom stereocenters. The fourth-order valence-electron chi connectivity index (χ4n) is 2.12. The third-order valence-electron chi connectivity index (χ3n) is 3.18. The van der Waals surface area contributed by atoms with Crippen molar-refractivity contribution in [1.82, 2.24) is 9.55 Å². The van der Waals surface area contributed by atoms with Crippen molar-refractivity contribution in [3.63, 3.8) is 0 Å². The number of nitrogens with zero attached hydrogens (tertiary/aromatic N) is 2. The van der Waals surface area contributed by atoms with Crippen LogP contribution in [0.15, 0.2) is 48.8 Å². The van der Waals surface area contributed by atoms with Gasteiger partial charge in [-0.1, -0.05) is 6.07 Å². The lowest BCUT2D eigenvalue weighted by molar-refractivity contribution is -0.118. The molecule has 0 bridgehead atoms. The van der Waals surface area contributed by atoms with Crippen LogP contribution in [0, 0.1) is 5.82 Å². The number of amides is 1. The van der Waals surface area contributed by atoms with E-state index in [0.717, 1.165) is 11.0 Å². The lowest BCUT2D eigenvalue weighted by Gasteiger charge is -2.07. The fraction of sp³-hybridized carbons (Fsp3) is 0.125. The Balaban J connectivity index is 1.63. The van der Waals surface area contributed by atoms with Gasteiger partial charge in [0.2, 0.25) is 0 Å². The first-order valence-corrected chi connectivity index (χ1v) is 6.71. The molecule has 0 fully saturated rings. The second-order valence-electron chi connectivity index (χ2n) is 4.85. The molecule has 22 heavy (non-hydrogen) atoms. The highest BCUT2D eigenvalue weighted by atomic mass is 19.1. The minimum Gasteiger partial charge on any atom is -0.484 e. The van der Waals surface area contributed by atoms with E-state index >= 15 is 0 Å². The average molecular weight is 299 g/mol. The molecule has 1 aromatic heterocycles. The number of anilines is 1. The quantitative estimate of drug-likeness (QED) is 0.806. The molecule has 1 heterocycles. The van der Waals surface area contributed by atoms with Gasteiger partial charge in [-0.3, -0.25) is 4.79 Å². The number of carbonyl (C=O) groups excluding carboxylic acids is 1. The van der Waals surface area contributed by atoms with Gasteiger partial charge >= 0.3 is 0 Å². The highest BCUT2D eigenvalue weighted by Gasteiger charge is 2.06. The van der Waals surface area contributed by atoms with Gasteiger partial charge in [0.1, 0.15) is 11.6 Å². The number of aryl methyl sites for hydroxylation is 1. The molecule has 1 amide bonds. The average Bonchev–Trinajstić information content (AvgIpc) is 2.86. The molecular weight excluding hydrogens is 285 g/mol.